The summed E-state index contributed by atoms with van der Waals surface area (Å²) >= 11 is 0. The van der Waals surface area contributed by atoms with Gasteiger partial charge in [0.05, 0.1) is 5.56 Å². The Morgan fingerprint density at radius 3 is 2.57 bits per heavy atom. The Hall–Kier alpha value is -1.51. The van der Waals surface area contributed by atoms with Crippen LogP contribution in [0.4, 0.5) is 0 Å². The standard InChI is InChI=1S/C13H20N2O5S/c1-2-3-10(6-7-16)8-15-21(19,20)12-5-4-11(9-14-12)13(17)18/h4-5,9-10,15-16H,2-3,6-8H2,1H3,(H,17,18). The molecule has 0 aliphatic carbocycles. The molecule has 1 aromatic heterocycles. The lowest BCUT2D eigenvalue weighted by Gasteiger charge is -2.15. The van der Waals surface area contributed by atoms with E-state index in [1.807, 2.05) is 6.92 Å². The van der Waals surface area contributed by atoms with Gasteiger partial charge >= 0.3 is 5.97 Å². The number of aliphatic hydroxyl groups excluding tert-OH is 1. The van der Waals surface area contributed by atoms with E-state index < -0.39 is 16.0 Å². The first-order chi connectivity index (χ1) is 9.90. The van der Waals surface area contributed by atoms with Crippen LogP contribution >= 0.6 is 0 Å². The summed E-state index contributed by atoms with van der Waals surface area (Å²) in [5.74, 6) is -1.10. The lowest BCUT2D eigenvalue weighted by Crippen LogP contribution is -2.30. The summed E-state index contributed by atoms with van der Waals surface area (Å²) in [6.45, 7) is 2.22. The summed E-state index contributed by atoms with van der Waals surface area (Å²) in [5, 5.41) is 17.5. The second kappa shape index (κ2) is 8.06. The highest BCUT2D eigenvalue weighted by atomic mass is 32.2. The molecule has 3 N–H and O–H groups in total. The Bertz CT molecular complexity index is 550. The minimum absolute atomic E-state index is 0.0119. The number of hydrogen-bond acceptors (Lipinski definition) is 5. The third kappa shape index (κ3) is 5.41. The molecule has 0 radical (unpaired) electrons. The minimum atomic E-state index is -3.77. The highest BCUT2D eigenvalue weighted by molar-refractivity contribution is 7.89. The Kier molecular flexibility index (Phi) is 6.73. The van der Waals surface area contributed by atoms with Crippen LogP contribution in [0.2, 0.25) is 0 Å². The number of aromatic carboxylic acids is 1. The highest BCUT2D eigenvalue weighted by Crippen LogP contribution is 2.12. The number of aromatic nitrogens is 1. The van der Waals surface area contributed by atoms with Gasteiger partial charge in [-0.3, -0.25) is 0 Å². The van der Waals surface area contributed by atoms with Gasteiger partial charge in [-0.25, -0.2) is 22.9 Å². The van der Waals surface area contributed by atoms with Crippen LogP contribution in [-0.4, -0.2) is 42.7 Å². The van der Waals surface area contributed by atoms with Crippen LogP contribution in [0.25, 0.3) is 0 Å². The van der Waals surface area contributed by atoms with E-state index in [0.29, 0.717) is 6.42 Å². The average molecular weight is 316 g/mol. The van der Waals surface area contributed by atoms with E-state index in [1.54, 1.807) is 0 Å². The van der Waals surface area contributed by atoms with Crippen molar-refractivity contribution >= 4 is 16.0 Å². The van der Waals surface area contributed by atoms with E-state index in [2.05, 4.69) is 9.71 Å². The number of carboxylic acids is 1. The van der Waals surface area contributed by atoms with E-state index in [-0.39, 0.29) is 29.7 Å². The molecule has 7 nitrogen and oxygen atoms in total. The fourth-order valence-corrected chi connectivity index (χ4v) is 2.95. The van der Waals surface area contributed by atoms with Crippen molar-refractivity contribution in [2.45, 2.75) is 31.2 Å². The van der Waals surface area contributed by atoms with Crippen LogP contribution in [0.3, 0.4) is 0 Å². The number of nitrogens with zero attached hydrogens (tertiary/aromatic N) is 1. The van der Waals surface area contributed by atoms with Gasteiger partial charge in [-0.1, -0.05) is 13.3 Å². The molecule has 118 valence electrons. The van der Waals surface area contributed by atoms with Gasteiger partial charge in [0.15, 0.2) is 5.03 Å². The van der Waals surface area contributed by atoms with Crippen LogP contribution in [0, 0.1) is 5.92 Å². The predicted molar refractivity (Wildman–Crippen MR) is 76.5 cm³/mol. The number of hydrogen-bond donors (Lipinski definition) is 3. The van der Waals surface area contributed by atoms with Gasteiger partial charge in [0.1, 0.15) is 0 Å². The molecule has 1 rings (SSSR count). The van der Waals surface area contributed by atoms with Crippen molar-refractivity contribution in [3.8, 4) is 0 Å². The summed E-state index contributed by atoms with van der Waals surface area (Å²) < 4.78 is 26.5. The molecule has 0 fully saturated rings. The number of sulfonamides is 1. The monoisotopic (exact) mass is 316 g/mol. The van der Waals surface area contributed by atoms with Crippen LogP contribution in [0.1, 0.15) is 36.5 Å². The fraction of sp³-hybridized carbons (Fsp3) is 0.538. The van der Waals surface area contributed by atoms with Gasteiger partial charge < -0.3 is 10.2 Å². The van der Waals surface area contributed by atoms with Gasteiger partial charge in [-0.05, 0) is 30.9 Å². The van der Waals surface area contributed by atoms with Crippen molar-refractivity contribution in [3.63, 3.8) is 0 Å². The van der Waals surface area contributed by atoms with Crippen molar-refractivity contribution < 1.29 is 23.4 Å². The molecular weight excluding hydrogens is 296 g/mol. The van der Waals surface area contributed by atoms with Crippen molar-refractivity contribution in [1.29, 1.82) is 0 Å². The van der Waals surface area contributed by atoms with Crippen molar-refractivity contribution in [2.75, 3.05) is 13.2 Å². The second-order valence-electron chi connectivity index (χ2n) is 4.71. The molecule has 0 aliphatic rings. The molecule has 0 aliphatic heterocycles. The van der Waals surface area contributed by atoms with Crippen molar-refractivity contribution in [2.24, 2.45) is 5.92 Å². The lowest BCUT2D eigenvalue weighted by molar-refractivity contribution is 0.0696. The van der Waals surface area contributed by atoms with Crippen LogP contribution < -0.4 is 4.72 Å². The Morgan fingerprint density at radius 2 is 2.10 bits per heavy atom. The molecule has 1 unspecified atom stereocenters. The molecule has 0 saturated carbocycles. The Balaban J connectivity index is 2.74. The summed E-state index contributed by atoms with van der Waals surface area (Å²) in [5.41, 5.74) is -0.0712. The van der Waals surface area contributed by atoms with E-state index in [4.69, 9.17) is 10.2 Å². The fourth-order valence-electron chi connectivity index (χ4n) is 1.91. The molecule has 0 aromatic carbocycles. The summed E-state index contributed by atoms with van der Waals surface area (Å²) in [6.07, 6.45) is 3.25. The van der Waals surface area contributed by atoms with E-state index in [1.165, 1.54) is 6.07 Å². The van der Waals surface area contributed by atoms with E-state index >= 15 is 0 Å². The zero-order chi connectivity index (χ0) is 15.9. The molecule has 0 bridgehead atoms. The Morgan fingerprint density at radius 1 is 1.38 bits per heavy atom. The second-order valence-corrected chi connectivity index (χ2v) is 6.42. The quantitative estimate of drug-likeness (QED) is 0.622. The molecule has 0 saturated heterocycles. The predicted octanol–water partition coefficient (Wildman–Crippen LogP) is 0.857. The van der Waals surface area contributed by atoms with Gasteiger partial charge in [0, 0.05) is 19.3 Å². The van der Waals surface area contributed by atoms with Crippen LogP contribution in [-0.2, 0) is 10.0 Å². The first-order valence-corrected chi connectivity index (χ1v) is 8.19. The topological polar surface area (TPSA) is 117 Å². The maximum Gasteiger partial charge on any atom is 0.337 e. The number of carboxylic acid groups (broad SMARTS) is 1. The van der Waals surface area contributed by atoms with Crippen molar-refractivity contribution in [3.05, 3.63) is 23.9 Å². The number of rotatable bonds is 9. The highest BCUT2D eigenvalue weighted by Gasteiger charge is 2.18. The lowest BCUT2D eigenvalue weighted by atomic mass is 10.0. The maximum absolute atomic E-state index is 12.0. The first kappa shape index (κ1) is 17.5. The third-order valence-corrected chi connectivity index (χ3v) is 4.39. The summed E-state index contributed by atoms with van der Waals surface area (Å²) in [7, 11) is -3.77. The largest absolute Gasteiger partial charge is 0.478 e. The summed E-state index contributed by atoms with van der Waals surface area (Å²) in [4.78, 5) is 14.4. The first-order valence-electron chi connectivity index (χ1n) is 6.70. The molecular formula is C13H20N2O5S. The minimum Gasteiger partial charge on any atom is -0.478 e. The molecule has 1 heterocycles. The van der Waals surface area contributed by atoms with Crippen molar-refractivity contribution in [1.82, 2.24) is 9.71 Å². The van der Waals surface area contributed by atoms with E-state index in [0.717, 1.165) is 25.1 Å². The van der Waals surface area contributed by atoms with E-state index in [9.17, 15) is 13.2 Å². The number of pyridine rings is 1. The average Bonchev–Trinajstić information content (AvgIpc) is 2.45. The van der Waals surface area contributed by atoms with Gasteiger partial charge in [0.2, 0.25) is 0 Å². The van der Waals surface area contributed by atoms with Gasteiger partial charge in [-0.15, -0.1) is 0 Å². The Labute approximate surface area is 124 Å². The van der Waals surface area contributed by atoms with Gasteiger partial charge in [-0.2, -0.15) is 0 Å². The molecule has 0 spiro atoms. The number of aliphatic hydroxyl groups is 1. The molecule has 1 atom stereocenters. The van der Waals surface area contributed by atoms with Crippen LogP contribution in [0.15, 0.2) is 23.4 Å². The SMILES string of the molecule is CCCC(CCO)CNS(=O)(=O)c1ccc(C(=O)O)cn1. The zero-order valence-corrected chi connectivity index (χ0v) is 12.6. The smallest absolute Gasteiger partial charge is 0.337 e. The number of carbonyl (C=O) groups is 1. The summed E-state index contributed by atoms with van der Waals surface area (Å²) in [6, 6.07) is 2.35. The maximum atomic E-state index is 12.0. The third-order valence-electron chi connectivity index (χ3n) is 3.05. The molecule has 1 aromatic rings. The van der Waals surface area contributed by atoms with Gasteiger partial charge in [0.25, 0.3) is 10.0 Å². The molecule has 21 heavy (non-hydrogen) atoms. The molecule has 0 amide bonds. The van der Waals surface area contributed by atoms with Crippen LogP contribution in [0.5, 0.6) is 0 Å². The normalized spacial score (nSPS) is 13.0. The zero-order valence-electron chi connectivity index (χ0n) is 11.8. The molecule has 8 heteroatoms. The number of nitrogens with one attached hydrogen (secondary N) is 1.